The van der Waals surface area contributed by atoms with Crippen LogP contribution >= 0.6 is 23.7 Å². The van der Waals surface area contributed by atoms with E-state index in [1.54, 1.807) is 22.6 Å². The van der Waals surface area contributed by atoms with E-state index in [-0.39, 0.29) is 12.4 Å². The van der Waals surface area contributed by atoms with Crippen LogP contribution in [0.2, 0.25) is 0 Å². The van der Waals surface area contributed by atoms with Gasteiger partial charge in [-0.3, -0.25) is 4.90 Å². The molecule has 1 aliphatic heterocycles. The van der Waals surface area contributed by atoms with E-state index in [4.69, 9.17) is 5.73 Å². The largest absolute Gasteiger partial charge is 0.375 e. The molecular formula is C17H25ClN4O2S2. The highest BCUT2D eigenvalue weighted by Crippen LogP contribution is 2.22. The molecule has 0 radical (unpaired) electrons. The number of piperazine rings is 1. The molecule has 26 heavy (non-hydrogen) atoms. The summed E-state index contributed by atoms with van der Waals surface area (Å²) in [5, 5.41) is 0.570. The van der Waals surface area contributed by atoms with Crippen LogP contribution in [-0.2, 0) is 16.6 Å². The van der Waals surface area contributed by atoms with Gasteiger partial charge in [0.15, 0.2) is 5.13 Å². The summed E-state index contributed by atoms with van der Waals surface area (Å²) >= 11 is 1.48. The van der Waals surface area contributed by atoms with Crippen molar-refractivity contribution in [2.45, 2.75) is 31.2 Å². The Balaban J connectivity index is 0.00000243. The number of hydrogen-bond acceptors (Lipinski definition) is 6. The van der Waals surface area contributed by atoms with Gasteiger partial charge in [0.25, 0.3) is 0 Å². The third-order valence-electron chi connectivity index (χ3n) is 4.47. The van der Waals surface area contributed by atoms with Crippen molar-refractivity contribution >= 4 is 38.9 Å². The molecule has 1 aromatic carbocycles. The van der Waals surface area contributed by atoms with Crippen LogP contribution in [0.4, 0.5) is 5.13 Å². The molecule has 0 unspecified atom stereocenters. The summed E-state index contributed by atoms with van der Waals surface area (Å²) in [6, 6.07) is 7.25. The molecule has 2 N–H and O–H groups in total. The van der Waals surface area contributed by atoms with Gasteiger partial charge in [-0.05, 0) is 23.6 Å². The summed E-state index contributed by atoms with van der Waals surface area (Å²) in [7, 11) is -3.42. The number of rotatable bonds is 5. The Hall–Kier alpha value is -1.19. The SMILES string of the molecule is CC(C)c1ccc(S(=O)(=O)N2CCN(Cc3cnc(N)s3)CC2)cc1.Cl. The highest BCUT2D eigenvalue weighted by Gasteiger charge is 2.28. The Morgan fingerprint density at radius 3 is 2.27 bits per heavy atom. The molecule has 144 valence electrons. The molecule has 0 bridgehead atoms. The van der Waals surface area contributed by atoms with Crippen molar-refractivity contribution < 1.29 is 8.42 Å². The minimum absolute atomic E-state index is 0. The van der Waals surface area contributed by atoms with Crippen molar-refractivity contribution in [3.63, 3.8) is 0 Å². The van der Waals surface area contributed by atoms with Gasteiger partial charge in [-0.15, -0.1) is 23.7 Å². The van der Waals surface area contributed by atoms with E-state index < -0.39 is 10.0 Å². The summed E-state index contributed by atoms with van der Waals surface area (Å²) < 4.78 is 27.2. The van der Waals surface area contributed by atoms with Gasteiger partial charge in [-0.2, -0.15) is 4.31 Å². The molecule has 0 aliphatic carbocycles. The van der Waals surface area contributed by atoms with E-state index in [1.165, 1.54) is 11.3 Å². The van der Waals surface area contributed by atoms with E-state index in [0.717, 1.165) is 17.0 Å². The third kappa shape index (κ3) is 4.75. The summed E-state index contributed by atoms with van der Waals surface area (Å²) in [6.45, 7) is 7.39. The van der Waals surface area contributed by atoms with Gasteiger partial charge in [0.1, 0.15) is 0 Å². The predicted molar refractivity (Wildman–Crippen MR) is 108 cm³/mol. The maximum Gasteiger partial charge on any atom is 0.243 e. The fourth-order valence-corrected chi connectivity index (χ4v) is 5.07. The fraction of sp³-hybridized carbons (Fsp3) is 0.471. The molecule has 2 aromatic rings. The monoisotopic (exact) mass is 416 g/mol. The Bertz CT molecular complexity index is 814. The van der Waals surface area contributed by atoms with Gasteiger partial charge in [0.05, 0.1) is 4.90 Å². The Kier molecular flexibility index (Phi) is 7.04. The molecule has 1 saturated heterocycles. The second-order valence-electron chi connectivity index (χ2n) is 6.57. The number of benzene rings is 1. The van der Waals surface area contributed by atoms with Crippen molar-refractivity contribution in [1.82, 2.24) is 14.2 Å². The van der Waals surface area contributed by atoms with Crippen LogP contribution in [0, 0.1) is 0 Å². The van der Waals surface area contributed by atoms with Crippen LogP contribution in [0.25, 0.3) is 0 Å². The molecule has 2 heterocycles. The molecule has 0 amide bonds. The highest BCUT2D eigenvalue weighted by molar-refractivity contribution is 7.89. The minimum atomic E-state index is -3.42. The van der Waals surface area contributed by atoms with Gasteiger partial charge >= 0.3 is 0 Å². The average Bonchev–Trinajstić information content (AvgIpc) is 3.00. The topological polar surface area (TPSA) is 79.5 Å². The highest BCUT2D eigenvalue weighted by atomic mass is 35.5. The Morgan fingerprint density at radius 1 is 1.15 bits per heavy atom. The molecule has 6 nitrogen and oxygen atoms in total. The fourth-order valence-electron chi connectivity index (χ4n) is 2.92. The van der Waals surface area contributed by atoms with E-state index >= 15 is 0 Å². The second kappa shape index (κ2) is 8.67. The van der Waals surface area contributed by atoms with Crippen molar-refractivity contribution in [1.29, 1.82) is 0 Å². The first-order chi connectivity index (χ1) is 11.9. The number of nitrogens with zero attached hydrogens (tertiary/aromatic N) is 3. The van der Waals surface area contributed by atoms with Gasteiger partial charge in [-0.1, -0.05) is 26.0 Å². The number of anilines is 1. The molecule has 9 heteroatoms. The van der Waals surface area contributed by atoms with Crippen LogP contribution in [0.3, 0.4) is 0 Å². The normalized spacial score (nSPS) is 16.6. The summed E-state index contributed by atoms with van der Waals surface area (Å²) in [6.07, 6.45) is 1.79. The van der Waals surface area contributed by atoms with E-state index in [9.17, 15) is 8.42 Å². The number of halogens is 1. The number of hydrogen-bond donors (Lipinski definition) is 1. The van der Waals surface area contributed by atoms with Crippen molar-refractivity contribution in [3.05, 3.63) is 40.9 Å². The molecule has 0 atom stereocenters. The van der Waals surface area contributed by atoms with E-state index in [0.29, 0.717) is 42.1 Å². The van der Waals surface area contributed by atoms with Crippen LogP contribution in [0.1, 0.15) is 30.2 Å². The Morgan fingerprint density at radius 2 is 1.77 bits per heavy atom. The lowest BCUT2D eigenvalue weighted by Crippen LogP contribution is -2.48. The van der Waals surface area contributed by atoms with Gasteiger partial charge in [0.2, 0.25) is 10.0 Å². The average molecular weight is 417 g/mol. The zero-order valence-corrected chi connectivity index (χ0v) is 17.4. The molecular weight excluding hydrogens is 392 g/mol. The second-order valence-corrected chi connectivity index (χ2v) is 9.65. The van der Waals surface area contributed by atoms with Crippen molar-refractivity contribution in [2.24, 2.45) is 0 Å². The number of sulfonamides is 1. The molecule has 3 rings (SSSR count). The van der Waals surface area contributed by atoms with Crippen LogP contribution in [-0.4, -0.2) is 48.8 Å². The van der Waals surface area contributed by atoms with Gasteiger partial charge < -0.3 is 5.73 Å². The predicted octanol–water partition coefficient (Wildman–Crippen LogP) is 2.78. The Labute approximate surface area is 165 Å². The maximum absolute atomic E-state index is 12.8. The lowest BCUT2D eigenvalue weighted by atomic mass is 10.0. The van der Waals surface area contributed by atoms with Crippen molar-refractivity contribution in [3.8, 4) is 0 Å². The smallest absolute Gasteiger partial charge is 0.243 e. The van der Waals surface area contributed by atoms with Crippen LogP contribution in [0.15, 0.2) is 35.4 Å². The van der Waals surface area contributed by atoms with Crippen molar-refractivity contribution in [2.75, 3.05) is 31.9 Å². The molecule has 0 spiro atoms. The standard InChI is InChI=1S/C17H24N4O2S2.ClH/c1-13(2)14-3-5-16(6-4-14)25(22,23)21-9-7-20(8-10-21)12-15-11-19-17(18)24-15;/h3-6,11,13H,7-10,12H2,1-2H3,(H2,18,19);1H. The number of aromatic nitrogens is 1. The lowest BCUT2D eigenvalue weighted by molar-refractivity contribution is 0.183. The quantitative estimate of drug-likeness (QED) is 0.810. The van der Waals surface area contributed by atoms with Gasteiger partial charge in [-0.25, -0.2) is 13.4 Å². The number of nitrogen functional groups attached to an aromatic ring is 1. The lowest BCUT2D eigenvalue weighted by Gasteiger charge is -2.33. The molecule has 1 fully saturated rings. The summed E-state index contributed by atoms with van der Waals surface area (Å²) in [5.41, 5.74) is 6.80. The maximum atomic E-state index is 12.8. The van der Waals surface area contributed by atoms with Crippen LogP contribution < -0.4 is 5.73 Å². The first-order valence-corrected chi connectivity index (χ1v) is 10.6. The minimum Gasteiger partial charge on any atom is -0.375 e. The van der Waals surface area contributed by atoms with E-state index in [1.807, 2.05) is 12.1 Å². The first kappa shape index (κ1) is 21.1. The first-order valence-electron chi connectivity index (χ1n) is 8.39. The summed E-state index contributed by atoms with van der Waals surface area (Å²) in [4.78, 5) is 7.78. The summed E-state index contributed by atoms with van der Waals surface area (Å²) in [5.74, 6) is 0.390. The van der Waals surface area contributed by atoms with Crippen LogP contribution in [0.5, 0.6) is 0 Å². The molecule has 1 aromatic heterocycles. The molecule has 0 saturated carbocycles. The van der Waals surface area contributed by atoms with Gasteiger partial charge in [0, 0.05) is 43.8 Å². The number of thiazole rings is 1. The van der Waals surface area contributed by atoms with E-state index in [2.05, 4.69) is 23.7 Å². The zero-order chi connectivity index (χ0) is 18.0. The third-order valence-corrected chi connectivity index (χ3v) is 7.19. The zero-order valence-electron chi connectivity index (χ0n) is 15.0. The number of nitrogens with two attached hydrogens (primary N) is 1. The molecule has 1 aliphatic rings.